The van der Waals surface area contributed by atoms with Crippen LogP contribution in [0.3, 0.4) is 0 Å². The molecule has 87 heavy (non-hydrogen) atoms. The van der Waals surface area contributed by atoms with Gasteiger partial charge in [0.25, 0.3) is 11.8 Å². The summed E-state index contributed by atoms with van der Waals surface area (Å²) in [5.74, 6) is -3.33. The molecular formula is C67H88F2N10O8. The Labute approximate surface area is 510 Å². The summed E-state index contributed by atoms with van der Waals surface area (Å²) >= 11 is 0. The number of likely N-dealkylation sites (tertiary alicyclic amines) is 2. The van der Waals surface area contributed by atoms with Crippen molar-refractivity contribution in [3.8, 4) is 11.1 Å². The minimum atomic E-state index is -0.782. The molecule has 2 saturated heterocycles. The molecule has 2 heterocycles. The molecule has 2 aliphatic heterocycles. The van der Waals surface area contributed by atoms with Crippen LogP contribution in [0.25, 0.3) is 11.1 Å². The quantitative estimate of drug-likeness (QED) is 0.0411. The van der Waals surface area contributed by atoms with Gasteiger partial charge in [0.15, 0.2) is 0 Å². The number of hydrogen-bond acceptors (Lipinski definition) is 10. The second-order valence-corrected chi connectivity index (χ2v) is 24.2. The standard InChI is InChI=1S/C67H88F2N10O8/c1-44(70)62(82)74-60(50-12-6-4-7-13-50)66(86)78-36-10-16-56(78)42-76(38-34-46-18-30-54(68)31-19-46)58(80)40-72-64(84)52-26-22-48(23-27-52)49-24-28-53(29-25-49)65(85)73-41-59(81)77(39-35-47-20-32-55(69)33-21-47)43-57-17-11-37-79(57)67(87)61(51-14-8-5-9-15-51)75-63(83)45(2)71-3/h18-33,44-45,50-51,56-57,60-61,71H,4-17,34-43,70H2,1-3H3,(H,72,84)(H,73,85)(H,74,82)(H,75,83)/t44-,45-,56-,57-,60-,61-/m0/s1. The maximum Gasteiger partial charge on any atom is 0.251 e. The second kappa shape index (κ2) is 31.9. The molecule has 0 unspecified atom stereocenters. The Hall–Kier alpha value is -7.58. The molecule has 4 fully saturated rings. The van der Waals surface area contributed by atoms with Gasteiger partial charge >= 0.3 is 0 Å². The van der Waals surface area contributed by atoms with Gasteiger partial charge in [0, 0.05) is 62.5 Å². The monoisotopic (exact) mass is 1200 g/mol. The molecule has 20 heteroatoms. The van der Waals surface area contributed by atoms with Gasteiger partial charge in [-0.05, 0) is 168 Å². The Balaban J connectivity index is 0.870. The lowest BCUT2D eigenvalue weighted by Gasteiger charge is -2.37. The molecule has 2 saturated carbocycles. The number of amides is 8. The Morgan fingerprint density at radius 2 is 0.897 bits per heavy atom. The van der Waals surface area contributed by atoms with Crippen LogP contribution in [-0.2, 0) is 41.6 Å². The van der Waals surface area contributed by atoms with Crippen molar-refractivity contribution in [2.45, 2.75) is 153 Å². The lowest BCUT2D eigenvalue weighted by molar-refractivity contribution is -0.141. The Kier molecular flexibility index (Phi) is 24.0. The number of carbonyl (C=O) groups is 8. The molecule has 6 atom stereocenters. The fourth-order valence-electron chi connectivity index (χ4n) is 12.7. The maximum atomic E-state index is 14.5. The summed E-state index contributed by atoms with van der Waals surface area (Å²) in [7, 11) is 1.70. The van der Waals surface area contributed by atoms with E-state index in [4.69, 9.17) is 5.73 Å². The minimum absolute atomic E-state index is 0.00923. The van der Waals surface area contributed by atoms with Crippen LogP contribution in [0.5, 0.6) is 0 Å². The Morgan fingerprint density at radius 1 is 0.517 bits per heavy atom. The molecule has 4 aromatic rings. The zero-order valence-corrected chi connectivity index (χ0v) is 50.7. The van der Waals surface area contributed by atoms with E-state index < -0.39 is 36.0 Å². The Bertz CT molecular complexity index is 2970. The zero-order valence-electron chi connectivity index (χ0n) is 50.7. The van der Waals surface area contributed by atoms with Gasteiger partial charge in [0.05, 0.1) is 25.2 Å². The number of halogens is 2. The predicted octanol–water partition coefficient (Wildman–Crippen LogP) is 6.30. The summed E-state index contributed by atoms with van der Waals surface area (Å²) in [6, 6.07) is 22.5. The van der Waals surface area contributed by atoms with Crippen molar-refractivity contribution in [1.29, 1.82) is 0 Å². The third kappa shape index (κ3) is 18.2. The molecule has 18 nitrogen and oxygen atoms in total. The van der Waals surface area contributed by atoms with Crippen molar-refractivity contribution < 1.29 is 47.1 Å². The fourth-order valence-corrected chi connectivity index (χ4v) is 12.7. The molecule has 8 rings (SSSR count). The smallest absolute Gasteiger partial charge is 0.251 e. The number of hydrogen-bond donors (Lipinski definition) is 6. The van der Waals surface area contributed by atoms with Crippen LogP contribution in [0, 0.1) is 23.5 Å². The van der Waals surface area contributed by atoms with Gasteiger partial charge in [0.1, 0.15) is 23.7 Å². The number of nitrogens with zero attached hydrogens (tertiary/aromatic N) is 4. The van der Waals surface area contributed by atoms with Crippen molar-refractivity contribution in [2.75, 3.05) is 59.4 Å². The first-order chi connectivity index (χ1) is 42.0. The van der Waals surface area contributed by atoms with E-state index in [1.165, 1.54) is 24.3 Å². The largest absolute Gasteiger partial charge is 0.343 e. The van der Waals surface area contributed by atoms with E-state index in [9.17, 15) is 47.1 Å². The number of carbonyl (C=O) groups excluding carboxylic acids is 8. The molecule has 2 aliphatic carbocycles. The topological polar surface area (TPSA) is 236 Å². The highest BCUT2D eigenvalue weighted by Crippen LogP contribution is 2.32. The Morgan fingerprint density at radius 3 is 1.26 bits per heavy atom. The highest BCUT2D eigenvalue weighted by atomic mass is 19.1. The van der Waals surface area contributed by atoms with E-state index in [1.807, 2.05) is 4.90 Å². The molecule has 0 spiro atoms. The summed E-state index contributed by atoms with van der Waals surface area (Å²) in [6.45, 7) is 4.64. The normalized spacial score (nSPS) is 18.6. The molecule has 0 radical (unpaired) electrons. The predicted molar refractivity (Wildman–Crippen MR) is 329 cm³/mol. The molecule has 8 amide bonds. The van der Waals surface area contributed by atoms with Crippen LogP contribution in [0.15, 0.2) is 97.1 Å². The van der Waals surface area contributed by atoms with Crippen LogP contribution in [0.1, 0.15) is 136 Å². The van der Waals surface area contributed by atoms with Crippen molar-refractivity contribution in [3.63, 3.8) is 0 Å². The maximum absolute atomic E-state index is 14.5. The lowest BCUT2D eigenvalue weighted by atomic mass is 9.83. The SMILES string of the molecule is CN[C@@H](C)C(=O)N[C@H](C(=O)N1CCC[C@H]1CN(CCc1ccc(F)cc1)C(=O)CNC(=O)c1ccc(-c2ccc(C(=O)NCC(=O)N(CCc3ccc(F)cc3)C[C@@H]3CCCN3C(=O)[C@@H](NC(=O)[C@H](C)N)C3CCCCC3)cc2)cc1)C1CCCCC1. The molecule has 0 aromatic heterocycles. The lowest BCUT2D eigenvalue weighted by Crippen LogP contribution is -2.57. The number of nitrogens with two attached hydrogens (primary N) is 1. The van der Waals surface area contributed by atoms with Gasteiger partial charge in [-0.25, -0.2) is 8.78 Å². The van der Waals surface area contributed by atoms with Crippen molar-refractivity contribution in [2.24, 2.45) is 17.6 Å². The summed E-state index contributed by atoms with van der Waals surface area (Å²) < 4.78 is 27.7. The van der Waals surface area contributed by atoms with Crippen LogP contribution in [0.4, 0.5) is 8.78 Å². The van der Waals surface area contributed by atoms with Crippen LogP contribution in [0.2, 0.25) is 0 Å². The summed E-state index contributed by atoms with van der Waals surface area (Å²) in [5, 5.41) is 14.6. The van der Waals surface area contributed by atoms with Crippen molar-refractivity contribution in [3.05, 3.63) is 131 Å². The summed E-state index contributed by atoms with van der Waals surface area (Å²) in [5.41, 5.74) is 9.71. The van der Waals surface area contributed by atoms with Gasteiger partial charge in [0.2, 0.25) is 35.4 Å². The van der Waals surface area contributed by atoms with Gasteiger partial charge in [-0.2, -0.15) is 0 Å². The molecular weight excluding hydrogens is 1110 g/mol. The zero-order chi connectivity index (χ0) is 62.0. The molecule has 468 valence electrons. The number of nitrogens with one attached hydrogen (secondary N) is 5. The number of benzene rings is 4. The highest BCUT2D eigenvalue weighted by molar-refractivity contribution is 5.98. The number of likely N-dealkylation sites (N-methyl/N-ethyl adjacent to an activating group) is 1. The van der Waals surface area contributed by atoms with Crippen LogP contribution >= 0.6 is 0 Å². The van der Waals surface area contributed by atoms with E-state index in [-0.39, 0.29) is 110 Å². The molecule has 0 bridgehead atoms. The molecule has 7 N–H and O–H groups in total. The van der Waals surface area contributed by atoms with E-state index >= 15 is 0 Å². The third-order valence-electron chi connectivity index (χ3n) is 18.1. The second-order valence-electron chi connectivity index (χ2n) is 24.2. The van der Waals surface area contributed by atoms with E-state index in [0.717, 1.165) is 99.3 Å². The first-order valence-electron chi connectivity index (χ1n) is 31.4. The van der Waals surface area contributed by atoms with E-state index in [2.05, 4.69) is 26.6 Å². The minimum Gasteiger partial charge on any atom is -0.343 e. The first kappa shape index (κ1) is 65.4. The van der Waals surface area contributed by atoms with Crippen LogP contribution in [-0.4, -0.2) is 163 Å². The average Bonchev–Trinajstić information content (AvgIpc) is 3.08. The van der Waals surface area contributed by atoms with Crippen LogP contribution < -0.4 is 32.3 Å². The van der Waals surface area contributed by atoms with E-state index in [0.29, 0.717) is 49.9 Å². The molecule has 4 aliphatic rings. The third-order valence-corrected chi connectivity index (χ3v) is 18.1. The van der Waals surface area contributed by atoms with Gasteiger partial charge in [-0.3, -0.25) is 38.4 Å². The van der Waals surface area contributed by atoms with E-state index in [1.54, 1.807) is 108 Å². The number of rotatable bonds is 26. The fraction of sp³-hybridized carbons (Fsp3) is 0.522. The molecule has 4 aromatic carbocycles. The summed E-state index contributed by atoms with van der Waals surface area (Å²) in [6.07, 6.45) is 13.0. The summed E-state index contributed by atoms with van der Waals surface area (Å²) in [4.78, 5) is 117. The van der Waals surface area contributed by atoms with Gasteiger partial charge < -0.3 is 51.9 Å². The highest BCUT2D eigenvalue weighted by Gasteiger charge is 2.41. The first-order valence-corrected chi connectivity index (χ1v) is 31.4. The van der Waals surface area contributed by atoms with Crippen molar-refractivity contribution >= 4 is 47.3 Å². The van der Waals surface area contributed by atoms with Gasteiger partial charge in [-0.1, -0.05) is 87.1 Å². The van der Waals surface area contributed by atoms with Crippen molar-refractivity contribution in [1.82, 2.24) is 46.2 Å². The van der Waals surface area contributed by atoms with Gasteiger partial charge in [-0.15, -0.1) is 0 Å². The average molecular weight is 1200 g/mol.